The molecule has 0 spiro atoms. The zero-order valence-electron chi connectivity index (χ0n) is 10.1. The number of nitrogens with zero attached hydrogens (tertiary/aromatic N) is 1. The van der Waals surface area contributed by atoms with Crippen LogP contribution in [0.15, 0.2) is 24.3 Å². The smallest absolute Gasteiger partial charge is 0.123 e. The van der Waals surface area contributed by atoms with Crippen molar-refractivity contribution in [1.82, 2.24) is 5.32 Å². The van der Waals surface area contributed by atoms with E-state index >= 15 is 0 Å². The molecule has 0 aliphatic heterocycles. The summed E-state index contributed by atoms with van der Waals surface area (Å²) in [6.45, 7) is 0.771. The van der Waals surface area contributed by atoms with Gasteiger partial charge in [0.05, 0.1) is 19.1 Å². The van der Waals surface area contributed by atoms with Crippen LogP contribution in [0, 0.1) is 17.2 Å². The molecule has 17 heavy (non-hydrogen) atoms. The first-order chi connectivity index (χ1) is 8.35. The normalized spacial score (nSPS) is 23.3. The van der Waals surface area contributed by atoms with E-state index < -0.39 is 0 Å². The van der Waals surface area contributed by atoms with Crippen LogP contribution >= 0.6 is 0 Å². The van der Waals surface area contributed by atoms with Crippen LogP contribution in [0.3, 0.4) is 0 Å². The Hall–Kier alpha value is -1.53. The molecule has 0 bridgehead atoms. The minimum Gasteiger partial charge on any atom is -0.496 e. The second-order valence-corrected chi connectivity index (χ2v) is 4.47. The molecule has 0 amide bonds. The number of ether oxygens (including phenoxy) is 1. The average Bonchev–Trinajstić information content (AvgIpc) is 2.84. The van der Waals surface area contributed by atoms with E-state index in [2.05, 4.69) is 17.5 Å². The van der Waals surface area contributed by atoms with Gasteiger partial charge in [0.15, 0.2) is 0 Å². The van der Waals surface area contributed by atoms with Crippen LogP contribution in [0.4, 0.5) is 0 Å². The van der Waals surface area contributed by atoms with Gasteiger partial charge in [0, 0.05) is 18.2 Å². The molecule has 0 saturated heterocycles. The lowest BCUT2D eigenvalue weighted by molar-refractivity contribution is 0.401. The molecule has 0 heterocycles. The van der Waals surface area contributed by atoms with E-state index in [1.165, 1.54) is 0 Å². The molecule has 90 valence electrons. The van der Waals surface area contributed by atoms with Gasteiger partial charge in [-0.05, 0) is 18.9 Å². The van der Waals surface area contributed by atoms with Crippen LogP contribution in [0.1, 0.15) is 24.8 Å². The van der Waals surface area contributed by atoms with Gasteiger partial charge in [0.1, 0.15) is 5.75 Å². The quantitative estimate of drug-likeness (QED) is 0.864. The average molecular weight is 230 g/mol. The predicted molar refractivity (Wildman–Crippen MR) is 66.6 cm³/mol. The van der Waals surface area contributed by atoms with Gasteiger partial charge in [-0.25, -0.2) is 0 Å². The molecule has 1 aliphatic rings. The van der Waals surface area contributed by atoms with Gasteiger partial charge in [-0.2, -0.15) is 5.26 Å². The molecule has 0 radical (unpaired) electrons. The van der Waals surface area contributed by atoms with E-state index in [0.29, 0.717) is 6.04 Å². The Morgan fingerprint density at radius 2 is 2.24 bits per heavy atom. The van der Waals surface area contributed by atoms with Crippen molar-refractivity contribution in [2.24, 2.45) is 5.92 Å². The zero-order valence-corrected chi connectivity index (χ0v) is 10.1. The van der Waals surface area contributed by atoms with E-state index in [1.807, 2.05) is 18.2 Å². The first-order valence-electron chi connectivity index (χ1n) is 6.10. The van der Waals surface area contributed by atoms with Crippen molar-refractivity contribution in [3.63, 3.8) is 0 Å². The number of para-hydroxylation sites is 1. The van der Waals surface area contributed by atoms with Gasteiger partial charge in [-0.15, -0.1) is 0 Å². The summed E-state index contributed by atoms with van der Waals surface area (Å²) in [5, 5.41) is 12.5. The number of nitriles is 1. The monoisotopic (exact) mass is 230 g/mol. The number of hydrogen-bond donors (Lipinski definition) is 1. The summed E-state index contributed by atoms with van der Waals surface area (Å²) in [7, 11) is 1.69. The highest BCUT2D eigenvalue weighted by molar-refractivity contribution is 5.33. The lowest BCUT2D eigenvalue weighted by atomic mass is 10.1. The van der Waals surface area contributed by atoms with Crippen LogP contribution in [-0.2, 0) is 6.54 Å². The third kappa shape index (κ3) is 2.78. The Labute approximate surface area is 102 Å². The van der Waals surface area contributed by atoms with Gasteiger partial charge in [-0.3, -0.25) is 0 Å². The second-order valence-electron chi connectivity index (χ2n) is 4.47. The summed E-state index contributed by atoms with van der Waals surface area (Å²) in [4.78, 5) is 0. The molecule has 1 aromatic carbocycles. The van der Waals surface area contributed by atoms with Gasteiger partial charge >= 0.3 is 0 Å². The highest BCUT2D eigenvalue weighted by atomic mass is 16.5. The summed E-state index contributed by atoms with van der Waals surface area (Å²) in [6.07, 6.45) is 3.29. The fourth-order valence-corrected chi connectivity index (χ4v) is 2.45. The number of benzene rings is 1. The molecule has 1 fully saturated rings. The SMILES string of the molecule is COc1ccccc1CNC1CCCC1C#N. The van der Waals surface area contributed by atoms with Crippen LogP contribution < -0.4 is 10.1 Å². The second kappa shape index (κ2) is 5.70. The van der Waals surface area contributed by atoms with E-state index in [1.54, 1.807) is 7.11 Å². The van der Waals surface area contributed by atoms with Crippen LogP contribution in [0.25, 0.3) is 0 Å². The fraction of sp³-hybridized carbons (Fsp3) is 0.500. The van der Waals surface area contributed by atoms with Gasteiger partial charge in [0.25, 0.3) is 0 Å². The Kier molecular flexibility index (Phi) is 4.00. The minimum absolute atomic E-state index is 0.171. The van der Waals surface area contributed by atoms with E-state index in [-0.39, 0.29) is 5.92 Å². The van der Waals surface area contributed by atoms with Crippen LogP contribution in [-0.4, -0.2) is 13.2 Å². The van der Waals surface area contributed by atoms with Gasteiger partial charge in [-0.1, -0.05) is 24.6 Å². The van der Waals surface area contributed by atoms with Crippen LogP contribution in [0.5, 0.6) is 5.75 Å². The maximum atomic E-state index is 9.02. The summed E-state index contributed by atoms with van der Waals surface area (Å²) in [6, 6.07) is 10.7. The molecule has 2 rings (SSSR count). The molecule has 3 nitrogen and oxygen atoms in total. The summed E-state index contributed by atoms with van der Waals surface area (Å²) in [5.41, 5.74) is 1.15. The molecule has 1 aromatic rings. The third-order valence-corrected chi connectivity index (χ3v) is 3.43. The molecular weight excluding hydrogens is 212 g/mol. The highest BCUT2D eigenvalue weighted by Gasteiger charge is 2.26. The van der Waals surface area contributed by atoms with Crippen molar-refractivity contribution >= 4 is 0 Å². The van der Waals surface area contributed by atoms with Gasteiger partial charge < -0.3 is 10.1 Å². The lowest BCUT2D eigenvalue weighted by Gasteiger charge is -2.16. The van der Waals surface area contributed by atoms with E-state index in [9.17, 15) is 0 Å². The van der Waals surface area contributed by atoms with Crippen molar-refractivity contribution in [3.8, 4) is 11.8 Å². The third-order valence-electron chi connectivity index (χ3n) is 3.43. The van der Waals surface area contributed by atoms with Gasteiger partial charge in [0.2, 0.25) is 0 Å². The Balaban J connectivity index is 1.96. The van der Waals surface area contributed by atoms with Crippen LogP contribution in [0.2, 0.25) is 0 Å². The predicted octanol–water partition coefficient (Wildman–Crippen LogP) is 2.48. The van der Waals surface area contributed by atoms with E-state index in [0.717, 1.165) is 37.1 Å². The molecule has 3 heteroatoms. The highest BCUT2D eigenvalue weighted by Crippen LogP contribution is 2.26. The molecule has 1 aliphatic carbocycles. The lowest BCUT2D eigenvalue weighted by Crippen LogP contribution is -2.31. The maximum Gasteiger partial charge on any atom is 0.123 e. The molecule has 1 saturated carbocycles. The Morgan fingerprint density at radius 1 is 1.41 bits per heavy atom. The largest absolute Gasteiger partial charge is 0.496 e. The molecule has 2 atom stereocenters. The number of nitrogens with one attached hydrogen (secondary N) is 1. The summed E-state index contributed by atoms with van der Waals surface area (Å²) in [5.74, 6) is 1.08. The first kappa shape index (κ1) is 11.9. The number of hydrogen-bond acceptors (Lipinski definition) is 3. The Bertz CT molecular complexity index is 411. The summed E-state index contributed by atoms with van der Waals surface area (Å²) >= 11 is 0. The van der Waals surface area contributed by atoms with Crippen molar-refractivity contribution in [2.75, 3.05) is 7.11 Å². The van der Waals surface area contributed by atoms with Crippen molar-refractivity contribution in [2.45, 2.75) is 31.8 Å². The molecule has 2 unspecified atom stereocenters. The first-order valence-corrected chi connectivity index (χ1v) is 6.10. The number of methoxy groups -OCH3 is 1. The van der Waals surface area contributed by atoms with Crippen molar-refractivity contribution < 1.29 is 4.74 Å². The Morgan fingerprint density at radius 3 is 3.00 bits per heavy atom. The fourth-order valence-electron chi connectivity index (χ4n) is 2.45. The van der Waals surface area contributed by atoms with Crippen molar-refractivity contribution in [1.29, 1.82) is 5.26 Å². The molecule has 0 aromatic heterocycles. The van der Waals surface area contributed by atoms with Crippen molar-refractivity contribution in [3.05, 3.63) is 29.8 Å². The number of rotatable bonds is 4. The molecule has 1 N–H and O–H groups in total. The van der Waals surface area contributed by atoms with E-state index in [4.69, 9.17) is 10.00 Å². The minimum atomic E-state index is 0.171. The molecular formula is C14H18N2O. The summed E-state index contributed by atoms with van der Waals surface area (Å²) < 4.78 is 5.31. The maximum absolute atomic E-state index is 9.02. The zero-order chi connectivity index (χ0) is 12.1. The standard InChI is InChI=1S/C14H18N2O/c1-17-14-8-3-2-5-12(14)10-16-13-7-4-6-11(13)9-15/h2-3,5,8,11,13,16H,4,6-7,10H2,1H3. The topological polar surface area (TPSA) is 45.0 Å².